The molecule has 6 heteroatoms. The van der Waals surface area contributed by atoms with E-state index in [0.29, 0.717) is 11.4 Å². The van der Waals surface area contributed by atoms with E-state index in [1.165, 1.54) is 6.92 Å². The predicted octanol–water partition coefficient (Wildman–Crippen LogP) is 4.25. The van der Waals surface area contributed by atoms with Gasteiger partial charge in [-0.3, -0.25) is 4.79 Å². The number of rotatable bonds is 5. The third-order valence-corrected chi connectivity index (χ3v) is 3.15. The van der Waals surface area contributed by atoms with Crippen LogP contribution in [0.4, 0.5) is 4.79 Å². The van der Waals surface area contributed by atoms with E-state index in [2.05, 4.69) is 5.32 Å². The second kappa shape index (κ2) is 8.20. The summed E-state index contributed by atoms with van der Waals surface area (Å²) < 4.78 is 10.4. The molecule has 23 heavy (non-hydrogen) atoms. The van der Waals surface area contributed by atoms with Crippen LogP contribution in [0.3, 0.4) is 0 Å². The van der Waals surface area contributed by atoms with Gasteiger partial charge in [0, 0.05) is 18.4 Å². The Kier molecular flexibility index (Phi) is 6.88. The molecular weight excluding hydrogens is 318 g/mol. The van der Waals surface area contributed by atoms with Crippen LogP contribution in [0.15, 0.2) is 24.3 Å². The first kappa shape index (κ1) is 19.3. The molecule has 1 aromatic carbocycles. The van der Waals surface area contributed by atoms with Gasteiger partial charge in [0.25, 0.3) is 0 Å². The SMILES string of the molecule is CC(=O)O[C@H](C)CC(NC(=O)OC(C)(C)C)c1ccc(Cl)cc1. The first-order valence-electron chi connectivity index (χ1n) is 7.49. The zero-order valence-corrected chi connectivity index (χ0v) is 14.9. The normalized spacial score (nSPS) is 13.8. The molecular formula is C17H24ClNO4. The van der Waals surface area contributed by atoms with Crippen molar-refractivity contribution < 1.29 is 19.1 Å². The van der Waals surface area contributed by atoms with Gasteiger partial charge >= 0.3 is 12.1 Å². The fraction of sp³-hybridized carbons (Fsp3) is 0.529. The predicted molar refractivity (Wildman–Crippen MR) is 89.4 cm³/mol. The Morgan fingerprint density at radius 1 is 1.22 bits per heavy atom. The number of carbonyl (C=O) groups is 2. The van der Waals surface area contributed by atoms with Crippen molar-refractivity contribution >= 4 is 23.7 Å². The molecule has 5 nitrogen and oxygen atoms in total. The summed E-state index contributed by atoms with van der Waals surface area (Å²) in [5, 5.41) is 3.43. The minimum Gasteiger partial charge on any atom is -0.463 e. The maximum Gasteiger partial charge on any atom is 0.408 e. The number of hydrogen-bond acceptors (Lipinski definition) is 4. The molecule has 0 aliphatic heterocycles. The van der Waals surface area contributed by atoms with Gasteiger partial charge in [0.15, 0.2) is 0 Å². The van der Waals surface area contributed by atoms with Crippen LogP contribution in [-0.4, -0.2) is 23.8 Å². The van der Waals surface area contributed by atoms with E-state index in [4.69, 9.17) is 21.1 Å². The lowest BCUT2D eigenvalue weighted by Crippen LogP contribution is -2.36. The average Bonchev–Trinajstić information content (AvgIpc) is 2.35. The Hall–Kier alpha value is -1.75. The second-order valence-electron chi connectivity index (χ2n) is 6.41. The number of amides is 1. The lowest BCUT2D eigenvalue weighted by atomic mass is 10.0. The minimum absolute atomic E-state index is 0.344. The first-order valence-corrected chi connectivity index (χ1v) is 7.87. The fourth-order valence-electron chi connectivity index (χ4n) is 2.09. The minimum atomic E-state index is -0.587. The molecule has 0 saturated carbocycles. The van der Waals surface area contributed by atoms with Crippen LogP contribution >= 0.6 is 11.6 Å². The summed E-state index contributed by atoms with van der Waals surface area (Å²) in [7, 11) is 0. The molecule has 0 bridgehead atoms. The number of benzene rings is 1. The smallest absolute Gasteiger partial charge is 0.408 e. The van der Waals surface area contributed by atoms with Crippen LogP contribution in [0.1, 0.15) is 52.6 Å². The number of esters is 1. The maximum atomic E-state index is 12.0. The third kappa shape index (κ3) is 7.88. The molecule has 0 aromatic heterocycles. The Morgan fingerprint density at radius 2 is 1.78 bits per heavy atom. The van der Waals surface area contributed by atoms with E-state index in [-0.39, 0.29) is 18.1 Å². The van der Waals surface area contributed by atoms with Crippen molar-refractivity contribution in [2.75, 3.05) is 0 Å². The van der Waals surface area contributed by atoms with Gasteiger partial charge in [-0.2, -0.15) is 0 Å². The largest absolute Gasteiger partial charge is 0.463 e. The van der Waals surface area contributed by atoms with E-state index in [0.717, 1.165) is 5.56 Å². The van der Waals surface area contributed by atoms with Crippen LogP contribution in [0, 0.1) is 0 Å². The molecule has 2 atom stereocenters. The highest BCUT2D eigenvalue weighted by Gasteiger charge is 2.23. The molecule has 1 unspecified atom stereocenters. The van der Waals surface area contributed by atoms with Crippen LogP contribution < -0.4 is 5.32 Å². The quantitative estimate of drug-likeness (QED) is 0.813. The highest BCUT2D eigenvalue weighted by atomic mass is 35.5. The Morgan fingerprint density at radius 3 is 2.26 bits per heavy atom. The molecule has 0 fully saturated rings. The van der Waals surface area contributed by atoms with Gasteiger partial charge in [0.2, 0.25) is 0 Å². The van der Waals surface area contributed by atoms with Gasteiger partial charge in [0.05, 0.1) is 6.04 Å². The van der Waals surface area contributed by atoms with Gasteiger partial charge in [-0.15, -0.1) is 0 Å². The van der Waals surface area contributed by atoms with Crippen LogP contribution in [-0.2, 0) is 14.3 Å². The average molecular weight is 342 g/mol. The standard InChI is InChI=1S/C17H24ClNO4/c1-11(22-12(2)20)10-15(13-6-8-14(18)9-7-13)19-16(21)23-17(3,4)5/h6-9,11,15H,10H2,1-5H3,(H,19,21)/t11-,15?/m1/s1. The summed E-state index contributed by atoms with van der Waals surface area (Å²) >= 11 is 5.90. The molecule has 1 amide bonds. The second-order valence-corrected chi connectivity index (χ2v) is 6.84. The monoisotopic (exact) mass is 341 g/mol. The summed E-state index contributed by atoms with van der Waals surface area (Å²) in [6, 6.07) is 6.79. The topological polar surface area (TPSA) is 64.6 Å². The Balaban J connectivity index is 2.85. The number of carbonyl (C=O) groups excluding carboxylic acids is 2. The van der Waals surface area contributed by atoms with E-state index in [1.807, 2.05) is 12.1 Å². The van der Waals surface area contributed by atoms with Crippen molar-refractivity contribution in [1.82, 2.24) is 5.32 Å². The van der Waals surface area contributed by atoms with Gasteiger partial charge in [-0.25, -0.2) is 4.79 Å². The van der Waals surface area contributed by atoms with Crippen LogP contribution in [0.5, 0.6) is 0 Å². The van der Waals surface area contributed by atoms with Gasteiger partial charge in [0.1, 0.15) is 11.7 Å². The fourth-order valence-corrected chi connectivity index (χ4v) is 2.21. The van der Waals surface area contributed by atoms with E-state index in [9.17, 15) is 9.59 Å². The van der Waals surface area contributed by atoms with Crippen molar-refractivity contribution in [3.05, 3.63) is 34.9 Å². The summed E-state index contributed by atoms with van der Waals surface area (Å²) in [6.45, 7) is 8.53. The summed E-state index contributed by atoms with van der Waals surface area (Å²) in [5.41, 5.74) is 0.273. The molecule has 128 valence electrons. The van der Waals surface area contributed by atoms with Crippen LogP contribution in [0.25, 0.3) is 0 Å². The zero-order valence-electron chi connectivity index (χ0n) is 14.2. The molecule has 0 spiro atoms. The van der Waals surface area contributed by atoms with E-state index >= 15 is 0 Å². The molecule has 0 saturated heterocycles. The van der Waals surface area contributed by atoms with Crippen molar-refractivity contribution in [2.45, 2.75) is 58.8 Å². The van der Waals surface area contributed by atoms with Crippen molar-refractivity contribution in [1.29, 1.82) is 0 Å². The Bertz CT molecular complexity index is 537. The molecule has 1 N–H and O–H groups in total. The Labute approximate surface area is 142 Å². The van der Waals surface area contributed by atoms with Crippen LogP contribution in [0.2, 0.25) is 5.02 Å². The lowest BCUT2D eigenvalue weighted by molar-refractivity contribution is -0.145. The van der Waals surface area contributed by atoms with Crippen molar-refractivity contribution in [3.63, 3.8) is 0 Å². The number of alkyl carbamates (subject to hydrolysis) is 1. The molecule has 0 heterocycles. The number of hydrogen-bond donors (Lipinski definition) is 1. The first-order chi connectivity index (χ1) is 10.6. The molecule has 0 aliphatic carbocycles. The molecule has 1 aromatic rings. The lowest BCUT2D eigenvalue weighted by Gasteiger charge is -2.25. The number of ether oxygens (including phenoxy) is 2. The molecule has 0 aliphatic rings. The molecule has 0 radical (unpaired) electrons. The number of nitrogens with one attached hydrogen (secondary N) is 1. The van der Waals surface area contributed by atoms with Crippen molar-refractivity contribution in [3.8, 4) is 0 Å². The van der Waals surface area contributed by atoms with Gasteiger partial charge in [-0.1, -0.05) is 23.7 Å². The van der Waals surface area contributed by atoms with E-state index in [1.54, 1.807) is 39.8 Å². The highest BCUT2D eigenvalue weighted by molar-refractivity contribution is 6.30. The van der Waals surface area contributed by atoms with Gasteiger partial charge < -0.3 is 14.8 Å². The summed E-state index contributed by atoms with van der Waals surface area (Å²) in [4.78, 5) is 23.1. The van der Waals surface area contributed by atoms with E-state index < -0.39 is 11.7 Å². The zero-order chi connectivity index (χ0) is 17.6. The van der Waals surface area contributed by atoms with Crippen molar-refractivity contribution in [2.24, 2.45) is 0 Å². The van der Waals surface area contributed by atoms with Gasteiger partial charge in [-0.05, 0) is 45.4 Å². The maximum absolute atomic E-state index is 12.0. The molecule has 1 rings (SSSR count). The third-order valence-electron chi connectivity index (χ3n) is 2.90. The summed E-state index contributed by atoms with van der Waals surface area (Å²) in [5.74, 6) is -0.357. The summed E-state index contributed by atoms with van der Waals surface area (Å²) in [6.07, 6.45) is -0.434. The number of halogens is 1. The highest BCUT2D eigenvalue weighted by Crippen LogP contribution is 2.22.